The third-order valence-electron chi connectivity index (χ3n) is 4.53. The van der Waals surface area contributed by atoms with Gasteiger partial charge < -0.3 is 20.1 Å². The van der Waals surface area contributed by atoms with Crippen LogP contribution in [0.3, 0.4) is 0 Å². The summed E-state index contributed by atoms with van der Waals surface area (Å²) in [6.07, 6.45) is 4.16. The number of para-hydroxylation sites is 1. The van der Waals surface area contributed by atoms with Crippen molar-refractivity contribution in [3.05, 3.63) is 30.1 Å². The Hall–Kier alpha value is -1.82. The number of fused-ring (bicyclic) bond motifs is 2. The van der Waals surface area contributed by atoms with Crippen LogP contribution in [0.25, 0.3) is 0 Å². The Balaban J connectivity index is 1.45. The van der Waals surface area contributed by atoms with E-state index in [1.165, 1.54) is 6.07 Å². The van der Waals surface area contributed by atoms with Crippen molar-refractivity contribution >= 4 is 6.03 Å². The average Bonchev–Trinajstić information content (AvgIpc) is 3.15. The maximum atomic E-state index is 13.5. The summed E-state index contributed by atoms with van der Waals surface area (Å²) in [6.45, 7) is 2.19. The van der Waals surface area contributed by atoms with Crippen molar-refractivity contribution in [1.82, 2.24) is 10.6 Å². The fourth-order valence-electron chi connectivity index (χ4n) is 3.20. The maximum Gasteiger partial charge on any atom is 0.315 e. The molecule has 1 aromatic carbocycles. The van der Waals surface area contributed by atoms with Gasteiger partial charge in [0.25, 0.3) is 0 Å². The lowest BCUT2D eigenvalue weighted by Gasteiger charge is -2.23. The van der Waals surface area contributed by atoms with Gasteiger partial charge in [0.05, 0.1) is 24.3 Å². The number of halogens is 1. The zero-order valence-corrected chi connectivity index (χ0v) is 13.3. The van der Waals surface area contributed by atoms with Crippen molar-refractivity contribution in [1.29, 1.82) is 0 Å². The minimum Gasteiger partial charge on any atom is -0.488 e. The minimum absolute atomic E-state index is 0.0961. The molecule has 6 heteroatoms. The molecule has 0 spiro atoms. The molecule has 2 aliphatic heterocycles. The number of hydrogen-bond acceptors (Lipinski definition) is 3. The number of amides is 2. The summed E-state index contributed by atoms with van der Waals surface area (Å²) in [5.41, 5.74) is 0. The van der Waals surface area contributed by atoms with Gasteiger partial charge in [-0.05, 0) is 37.8 Å². The second-order valence-electron chi connectivity index (χ2n) is 6.18. The topological polar surface area (TPSA) is 59.6 Å². The van der Waals surface area contributed by atoms with Crippen molar-refractivity contribution < 1.29 is 18.7 Å². The van der Waals surface area contributed by atoms with Crippen LogP contribution in [0.2, 0.25) is 0 Å². The SMILES string of the molecule is CC[C@@H](COc1ccccc1F)NC(=O)N[C@@H]1C[C@H]2CC[C@H]1O2. The second-order valence-corrected chi connectivity index (χ2v) is 6.18. The van der Waals surface area contributed by atoms with Crippen LogP contribution in [0, 0.1) is 5.82 Å². The molecule has 2 saturated heterocycles. The maximum absolute atomic E-state index is 13.5. The van der Waals surface area contributed by atoms with Gasteiger partial charge in [0.1, 0.15) is 6.61 Å². The minimum atomic E-state index is -0.397. The Morgan fingerprint density at radius 3 is 2.91 bits per heavy atom. The van der Waals surface area contributed by atoms with E-state index >= 15 is 0 Å². The van der Waals surface area contributed by atoms with Gasteiger partial charge >= 0.3 is 6.03 Å². The molecule has 2 aliphatic rings. The van der Waals surface area contributed by atoms with Gasteiger partial charge in [-0.25, -0.2) is 9.18 Å². The summed E-state index contributed by atoms with van der Waals surface area (Å²) in [6, 6.07) is 5.97. The quantitative estimate of drug-likeness (QED) is 0.846. The number of carbonyl (C=O) groups excluding carboxylic acids is 1. The van der Waals surface area contributed by atoms with E-state index in [-0.39, 0.29) is 36.6 Å². The number of hydrogen-bond donors (Lipinski definition) is 2. The highest BCUT2D eigenvalue weighted by molar-refractivity contribution is 5.74. The number of rotatable bonds is 6. The summed E-state index contributed by atoms with van der Waals surface area (Å²) in [5, 5.41) is 5.87. The van der Waals surface area contributed by atoms with Gasteiger partial charge in [-0.15, -0.1) is 0 Å². The molecule has 126 valence electrons. The van der Waals surface area contributed by atoms with Crippen molar-refractivity contribution in [2.75, 3.05) is 6.61 Å². The lowest BCUT2D eigenvalue weighted by molar-refractivity contribution is 0.0979. The second kappa shape index (κ2) is 7.17. The number of ether oxygens (including phenoxy) is 2. The average molecular weight is 322 g/mol. The van der Waals surface area contributed by atoms with E-state index in [0.717, 1.165) is 19.3 Å². The van der Waals surface area contributed by atoms with Crippen LogP contribution in [-0.4, -0.2) is 36.9 Å². The third-order valence-corrected chi connectivity index (χ3v) is 4.53. The predicted molar refractivity (Wildman–Crippen MR) is 83.9 cm³/mol. The molecule has 2 fully saturated rings. The molecule has 4 atom stereocenters. The molecule has 5 nitrogen and oxygen atoms in total. The Labute approximate surface area is 135 Å². The highest BCUT2D eigenvalue weighted by Crippen LogP contribution is 2.34. The summed E-state index contributed by atoms with van der Waals surface area (Å²) >= 11 is 0. The van der Waals surface area contributed by atoms with Gasteiger partial charge in [0.2, 0.25) is 0 Å². The first-order chi connectivity index (χ1) is 11.2. The molecule has 3 rings (SSSR count). The van der Waals surface area contributed by atoms with Crippen LogP contribution in [0.1, 0.15) is 32.6 Å². The molecule has 0 radical (unpaired) electrons. The van der Waals surface area contributed by atoms with E-state index in [1.807, 2.05) is 6.92 Å². The number of urea groups is 1. The summed E-state index contributed by atoms with van der Waals surface area (Å²) < 4.78 is 24.7. The number of benzene rings is 1. The molecule has 0 aliphatic carbocycles. The van der Waals surface area contributed by atoms with Crippen molar-refractivity contribution in [2.45, 2.75) is 56.9 Å². The molecular formula is C17H23FN2O3. The van der Waals surface area contributed by atoms with Crippen LogP contribution in [-0.2, 0) is 4.74 Å². The molecule has 0 saturated carbocycles. The predicted octanol–water partition coefficient (Wildman–Crippen LogP) is 2.60. The first-order valence-electron chi connectivity index (χ1n) is 8.25. The molecule has 2 bridgehead atoms. The highest BCUT2D eigenvalue weighted by atomic mass is 19.1. The van der Waals surface area contributed by atoms with Crippen molar-refractivity contribution in [3.63, 3.8) is 0 Å². The molecule has 0 aromatic heterocycles. The monoisotopic (exact) mass is 322 g/mol. The first kappa shape index (κ1) is 16.1. The van der Waals surface area contributed by atoms with E-state index in [4.69, 9.17) is 9.47 Å². The molecule has 2 amide bonds. The van der Waals surface area contributed by atoms with Gasteiger partial charge in [-0.1, -0.05) is 19.1 Å². The number of nitrogens with one attached hydrogen (secondary N) is 2. The fraction of sp³-hybridized carbons (Fsp3) is 0.588. The Morgan fingerprint density at radius 2 is 2.26 bits per heavy atom. The molecule has 2 N–H and O–H groups in total. The van der Waals surface area contributed by atoms with Crippen LogP contribution in [0.4, 0.5) is 9.18 Å². The normalized spacial score (nSPS) is 26.8. The fourth-order valence-corrected chi connectivity index (χ4v) is 3.20. The van der Waals surface area contributed by atoms with Crippen molar-refractivity contribution in [2.24, 2.45) is 0 Å². The number of carbonyl (C=O) groups is 1. The van der Waals surface area contributed by atoms with E-state index in [9.17, 15) is 9.18 Å². The zero-order valence-electron chi connectivity index (χ0n) is 13.3. The van der Waals surface area contributed by atoms with Gasteiger partial charge in [-0.3, -0.25) is 0 Å². The Morgan fingerprint density at radius 1 is 1.43 bits per heavy atom. The van der Waals surface area contributed by atoms with E-state index in [2.05, 4.69) is 10.6 Å². The Kier molecular flexibility index (Phi) is 5.00. The van der Waals surface area contributed by atoms with Crippen LogP contribution in [0.15, 0.2) is 24.3 Å². The standard InChI is InChI=1S/C17H23FN2O3/c1-2-11(10-22-15-6-4-3-5-13(15)18)19-17(21)20-14-9-12-7-8-16(14)23-12/h3-6,11-12,14,16H,2,7-10H2,1H3,(H2,19,20,21)/t11-,12+,14+,16+/m0/s1. The van der Waals surface area contributed by atoms with E-state index in [0.29, 0.717) is 12.5 Å². The molecular weight excluding hydrogens is 299 g/mol. The van der Waals surface area contributed by atoms with Crippen LogP contribution in [0.5, 0.6) is 5.75 Å². The Bertz CT molecular complexity index is 554. The van der Waals surface area contributed by atoms with Gasteiger partial charge in [-0.2, -0.15) is 0 Å². The molecule has 2 heterocycles. The van der Waals surface area contributed by atoms with Gasteiger partial charge in [0.15, 0.2) is 11.6 Å². The molecule has 0 unspecified atom stereocenters. The molecule has 23 heavy (non-hydrogen) atoms. The zero-order chi connectivity index (χ0) is 16.2. The molecule has 1 aromatic rings. The smallest absolute Gasteiger partial charge is 0.315 e. The highest BCUT2D eigenvalue weighted by Gasteiger charge is 2.41. The van der Waals surface area contributed by atoms with Crippen LogP contribution >= 0.6 is 0 Å². The van der Waals surface area contributed by atoms with Crippen LogP contribution < -0.4 is 15.4 Å². The lowest BCUT2D eigenvalue weighted by atomic mass is 9.96. The van der Waals surface area contributed by atoms with E-state index in [1.54, 1.807) is 18.2 Å². The van der Waals surface area contributed by atoms with E-state index < -0.39 is 5.82 Å². The summed E-state index contributed by atoms with van der Waals surface area (Å²) in [7, 11) is 0. The lowest BCUT2D eigenvalue weighted by Crippen LogP contribution is -2.50. The summed E-state index contributed by atoms with van der Waals surface area (Å²) in [4.78, 5) is 12.1. The van der Waals surface area contributed by atoms with Crippen molar-refractivity contribution in [3.8, 4) is 5.75 Å². The van der Waals surface area contributed by atoms with Gasteiger partial charge in [0, 0.05) is 0 Å². The largest absolute Gasteiger partial charge is 0.488 e. The third kappa shape index (κ3) is 3.93. The first-order valence-corrected chi connectivity index (χ1v) is 8.25. The summed E-state index contributed by atoms with van der Waals surface area (Å²) in [5.74, 6) is -0.194.